The van der Waals surface area contributed by atoms with E-state index in [1.165, 1.54) is 17.0 Å². The van der Waals surface area contributed by atoms with Gasteiger partial charge in [-0.05, 0) is 37.3 Å². The number of anilines is 2. The van der Waals surface area contributed by atoms with Gasteiger partial charge in [-0.2, -0.15) is 0 Å². The van der Waals surface area contributed by atoms with Crippen molar-refractivity contribution in [3.05, 3.63) is 53.6 Å². The highest BCUT2D eigenvalue weighted by Gasteiger charge is 2.14. The molecule has 128 valence electrons. The molecule has 6 heteroatoms. The van der Waals surface area contributed by atoms with Crippen LogP contribution in [0.15, 0.2) is 42.5 Å². The number of ether oxygens (including phenoxy) is 1. The van der Waals surface area contributed by atoms with Crippen molar-refractivity contribution in [1.29, 1.82) is 0 Å². The zero-order valence-corrected chi connectivity index (χ0v) is 14.8. The van der Waals surface area contributed by atoms with Gasteiger partial charge in [-0.1, -0.05) is 29.0 Å². The molecule has 3 aromatic rings. The molecule has 25 heavy (non-hydrogen) atoms. The van der Waals surface area contributed by atoms with Crippen LogP contribution in [0.5, 0.6) is 0 Å². The minimum Gasteiger partial charge on any atom is -0.378 e. The van der Waals surface area contributed by atoms with Gasteiger partial charge in [-0.15, -0.1) is 0 Å². The first-order valence-electron chi connectivity index (χ1n) is 8.30. The molecule has 5 nitrogen and oxygen atoms in total. The van der Waals surface area contributed by atoms with Crippen molar-refractivity contribution >= 4 is 38.3 Å². The van der Waals surface area contributed by atoms with Crippen molar-refractivity contribution in [2.24, 2.45) is 0 Å². The minimum atomic E-state index is -0.129. The molecule has 0 spiro atoms. The lowest BCUT2D eigenvalue weighted by molar-refractivity contribution is 0.102. The number of carbonyl (C=O) groups is 1. The van der Waals surface area contributed by atoms with Crippen LogP contribution in [0.3, 0.4) is 0 Å². The van der Waals surface area contributed by atoms with Crippen LogP contribution in [0, 0.1) is 6.92 Å². The van der Waals surface area contributed by atoms with Gasteiger partial charge in [0.05, 0.1) is 23.4 Å². The van der Waals surface area contributed by atoms with Crippen LogP contribution in [0.4, 0.5) is 10.8 Å². The number of amides is 1. The van der Waals surface area contributed by atoms with Crippen molar-refractivity contribution in [1.82, 2.24) is 4.98 Å². The fourth-order valence-electron chi connectivity index (χ4n) is 2.94. The Balaban J connectivity index is 1.55. The first-order valence-corrected chi connectivity index (χ1v) is 9.12. The molecular formula is C19H19N3O2S. The van der Waals surface area contributed by atoms with E-state index in [0.717, 1.165) is 42.1 Å². The number of aromatic nitrogens is 1. The lowest BCUT2D eigenvalue weighted by Crippen LogP contribution is -2.36. The summed E-state index contributed by atoms with van der Waals surface area (Å²) < 4.78 is 6.48. The average Bonchev–Trinajstić information content (AvgIpc) is 3.03. The summed E-state index contributed by atoms with van der Waals surface area (Å²) in [6.07, 6.45) is 0. The number of carbonyl (C=O) groups excluding carboxylic acids is 1. The van der Waals surface area contributed by atoms with Crippen molar-refractivity contribution in [2.45, 2.75) is 6.92 Å². The molecule has 0 saturated carbocycles. The van der Waals surface area contributed by atoms with Crippen LogP contribution in [-0.2, 0) is 4.74 Å². The summed E-state index contributed by atoms with van der Waals surface area (Å²) in [7, 11) is 0. The molecular weight excluding hydrogens is 334 g/mol. The van der Waals surface area contributed by atoms with Gasteiger partial charge in [-0.3, -0.25) is 10.1 Å². The summed E-state index contributed by atoms with van der Waals surface area (Å²) in [4.78, 5) is 19.2. The topological polar surface area (TPSA) is 54.5 Å². The molecule has 2 aromatic carbocycles. The van der Waals surface area contributed by atoms with Crippen molar-refractivity contribution in [2.75, 3.05) is 36.5 Å². The molecule has 2 heterocycles. The third kappa shape index (κ3) is 3.50. The Kier molecular flexibility index (Phi) is 4.38. The largest absolute Gasteiger partial charge is 0.378 e. The number of benzene rings is 2. The Morgan fingerprint density at radius 3 is 2.84 bits per heavy atom. The summed E-state index contributed by atoms with van der Waals surface area (Å²) in [5.74, 6) is -0.129. The van der Waals surface area contributed by atoms with Crippen molar-refractivity contribution in [3.63, 3.8) is 0 Å². The van der Waals surface area contributed by atoms with Gasteiger partial charge in [0.15, 0.2) is 5.13 Å². The molecule has 0 unspecified atom stereocenters. The van der Waals surface area contributed by atoms with Crippen LogP contribution in [-0.4, -0.2) is 37.2 Å². The summed E-state index contributed by atoms with van der Waals surface area (Å²) in [6, 6.07) is 13.8. The van der Waals surface area contributed by atoms with E-state index < -0.39 is 0 Å². The van der Waals surface area contributed by atoms with E-state index in [1.54, 1.807) is 0 Å². The van der Waals surface area contributed by atoms with Gasteiger partial charge in [0, 0.05) is 24.3 Å². The molecule has 0 atom stereocenters. The van der Waals surface area contributed by atoms with Crippen molar-refractivity contribution in [3.8, 4) is 0 Å². The Labute approximate surface area is 150 Å². The van der Waals surface area contributed by atoms with Crippen molar-refractivity contribution < 1.29 is 9.53 Å². The molecule has 0 radical (unpaired) electrons. The molecule has 1 fully saturated rings. The van der Waals surface area contributed by atoms with E-state index in [4.69, 9.17) is 4.74 Å². The van der Waals surface area contributed by atoms with Crippen LogP contribution in [0.25, 0.3) is 10.2 Å². The number of nitrogens with zero attached hydrogens (tertiary/aromatic N) is 2. The maximum atomic E-state index is 12.4. The molecule has 1 aromatic heterocycles. The number of nitrogens with one attached hydrogen (secondary N) is 1. The molecule has 4 rings (SSSR count). The van der Waals surface area contributed by atoms with E-state index >= 15 is 0 Å². The predicted molar refractivity (Wildman–Crippen MR) is 102 cm³/mol. The smallest absolute Gasteiger partial charge is 0.257 e. The van der Waals surface area contributed by atoms with Gasteiger partial charge in [0.1, 0.15) is 0 Å². The number of morpholine rings is 1. The Morgan fingerprint density at radius 1 is 1.20 bits per heavy atom. The zero-order valence-electron chi connectivity index (χ0n) is 14.0. The van der Waals surface area contributed by atoms with Gasteiger partial charge < -0.3 is 9.64 Å². The van der Waals surface area contributed by atoms with Crippen LogP contribution in [0.2, 0.25) is 0 Å². The normalized spacial score (nSPS) is 14.7. The van der Waals surface area contributed by atoms with Gasteiger partial charge >= 0.3 is 0 Å². The number of hydrogen-bond donors (Lipinski definition) is 1. The van der Waals surface area contributed by atoms with Gasteiger partial charge in [0.2, 0.25) is 0 Å². The second-order valence-electron chi connectivity index (χ2n) is 6.09. The third-order valence-corrected chi connectivity index (χ3v) is 5.18. The fourth-order valence-corrected chi connectivity index (χ4v) is 3.83. The first-order chi connectivity index (χ1) is 12.2. The van der Waals surface area contributed by atoms with E-state index in [1.807, 2.05) is 37.3 Å². The molecule has 1 aliphatic heterocycles. The van der Waals surface area contributed by atoms with E-state index in [0.29, 0.717) is 10.7 Å². The number of hydrogen-bond acceptors (Lipinski definition) is 5. The standard InChI is InChI=1S/C19H19N3O2S/c1-13-3-2-4-14(11-13)18(23)21-19-20-16-6-5-15(12-17(16)25-19)22-7-9-24-10-8-22/h2-6,11-12H,7-10H2,1H3,(H,20,21,23). The fraction of sp³-hybridized carbons (Fsp3) is 0.263. The van der Waals surface area contributed by atoms with Crippen LogP contribution < -0.4 is 10.2 Å². The molecule has 1 N–H and O–H groups in total. The quantitative estimate of drug-likeness (QED) is 0.780. The summed E-state index contributed by atoms with van der Waals surface area (Å²) >= 11 is 1.50. The van der Waals surface area contributed by atoms with Crippen LogP contribution in [0.1, 0.15) is 15.9 Å². The number of rotatable bonds is 3. The summed E-state index contributed by atoms with van der Waals surface area (Å²) in [6.45, 7) is 5.31. The number of aryl methyl sites for hydroxylation is 1. The molecule has 1 aliphatic rings. The Hall–Kier alpha value is -2.44. The SMILES string of the molecule is Cc1cccc(C(=O)Nc2nc3ccc(N4CCOCC4)cc3s2)c1. The highest BCUT2D eigenvalue weighted by atomic mass is 32.1. The molecule has 0 bridgehead atoms. The van der Waals surface area contributed by atoms with E-state index in [2.05, 4.69) is 27.3 Å². The highest BCUT2D eigenvalue weighted by Crippen LogP contribution is 2.30. The molecule has 1 amide bonds. The monoisotopic (exact) mass is 353 g/mol. The lowest BCUT2D eigenvalue weighted by Gasteiger charge is -2.28. The lowest BCUT2D eigenvalue weighted by atomic mass is 10.1. The van der Waals surface area contributed by atoms with Gasteiger partial charge in [-0.25, -0.2) is 4.98 Å². The predicted octanol–water partition coefficient (Wildman–Crippen LogP) is 3.69. The zero-order chi connectivity index (χ0) is 17.2. The average molecular weight is 353 g/mol. The van der Waals surface area contributed by atoms with Crippen LogP contribution >= 0.6 is 11.3 Å². The summed E-state index contributed by atoms with van der Waals surface area (Å²) in [5, 5.41) is 3.53. The second-order valence-corrected chi connectivity index (χ2v) is 7.12. The molecule has 1 saturated heterocycles. The summed E-state index contributed by atoms with van der Waals surface area (Å²) in [5.41, 5.74) is 3.79. The third-order valence-electron chi connectivity index (χ3n) is 4.25. The van der Waals surface area contributed by atoms with Gasteiger partial charge in [0.25, 0.3) is 5.91 Å². The first kappa shape index (κ1) is 16.1. The minimum absolute atomic E-state index is 0.129. The Bertz CT molecular complexity index is 916. The number of fused-ring (bicyclic) bond motifs is 1. The van der Waals surface area contributed by atoms with E-state index in [-0.39, 0.29) is 5.91 Å². The maximum absolute atomic E-state index is 12.4. The Morgan fingerprint density at radius 2 is 2.04 bits per heavy atom. The molecule has 0 aliphatic carbocycles. The maximum Gasteiger partial charge on any atom is 0.257 e. The highest BCUT2D eigenvalue weighted by molar-refractivity contribution is 7.22. The number of thiazole rings is 1. The second kappa shape index (κ2) is 6.82. The van der Waals surface area contributed by atoms with E-state index in [9.17, 15) is 4.79 Å².